The standard InChI is InChI=1S/2C8H7NS/c1-6-5-10-8-4-9-3-2-7(6)8;1-6-4-7-2-3-9-5-8(7)10-6/h2*2-5H,1H3. The highest BCUT2D eigenvalue weighted by Gasteiger charge is 1.96. The monoisotopic (exact) mass is 298 g/mol. The van der Waals surface area contributed by atoms with Crippen molar-refractivity contribution >= 4 is 42.8 Å². The normalized spacial score (nSPS) is 10.5. The summed E-state index contributed by atoms with van der Waals surface area (Å²) in [5.41, 5.74) is 1.35. The summed E-state index contributed by atoms with van der Waals surface area (Å²) in [5.74, 6) is 0. The maximum absolute atomic E-state index is 4.04. The summed E-state index contributed by atoms with van der Waals surface area (Å²) < 4.78 is 2.56. The van der Waals surface area contributed by atoms with Crippen molar-refractivity contribution in [1.82, 2.24) is 9.97 Å². The third-order valence-electron chi connectivity index (χ3n) is 3.02. The second kappa shape index (κ2) is 5.69. The van der Waals surface area contributed by atoms with Crippen LogP contribution in [0.1, 0.15) is 10.4 Å². The lowest BCUT2D eigenvalue weighted by Gasteiger charge is -1.86. The Labute approximate surface area is 125 Å². The first kappa shape index (κ1) is 13.2. The van der Waals surface area contributed by atoms with E-state index in [4.69, 9.17) is 0 Å². The van der Waals surface area contributed by atoms with Crippen molar-refractivity contribution < 1.29 is 0 Å². The zero-order valence-electron chi connectivity index (χ0n) is 11.3. The molecule has 20 heavy (non-hydrogen) atoms. The number of aromatic nitrogens is 2. The molecule has 0 spiro atoms. The lowest BCUT2D eigenvalue weighted by molar-refractivity contribution is 1.37. The Morgan fingerprint density at radius 2 is 1.70 bits per heavy atom. The Kier molecular flexibility index (Phi) is 3.76. The number of aryl methyl sites for hydroxylation is 2. The molecule has 0 N–H and O–H groups in total. The average molecular weight is 298 g/mol. The number of fused-ring (bicyclic) bond motifs is 2. The molecule has 0 unspecified atom stereocenters. The Balaban J connectivity index is 0.000000121. The molecule has 0 aliphatic carbocycles. The van der Waals surface area contributed by atoms with Gasteiger partial charge in [-0.15, -0.1) is 22.7 Å². The van der Waals surface area contributed by atoms with Crippen LogP contribution in [0.4, 0.5) is 0 Å². The van der Waals surface area contributed by atoms with Crippen molar-refractivity contribution in [2.24, 2.45) is 0 Å². The quantitative estimate of drug-likeness (QED) is 0.445. The molecule has 0 amide bonds. The van der Waals surface area contributed by atoms with E-state index < -0.39 is 0 Å². The molecule has 0 radical (unpaired) electrons. The van der Waals surface area contributed by atoms with Gasteiger partial charge in [-0.05, 0) is 53.8 Å². The maximum Gasteiger partial charge on any atom is 0.0528 e. The van der Waals surface area contributed by atoms with Crippen LogP contribution in [0.2, 0.25) is 0 Å². The van der Waals surface area contributed by atoms with E-state index >= 15 is 0 Å². The van der Waals surface area contributed by atoms with Gasteiger partial charge in [-0.1, -0.05) is 0 Å². The first-order valence-electron chi connectivity index (χ1n) is 6.32. The van der Waals surface area contributed by atoms with Gasteiger partial charge < -0.3 is 0 Å². The van der Waals surface area contributed by atoms with Crippen LogP contribution in [0.3, 0.4) is 0 Å². The first-order valence-corrected chi connectivity index (χ1v) is 8.01. The van der Waals surface area contributed by atoms with Crippen LogP contribution in [0.5, 0.6) is 0 Å². The molecule has 4 rings (SSSR count). The van der Waals surface area contributed by atoms with Gasteiger partial charge in [0.15, 0.2) is 0 Å². The molecular weight excluding hydrogens is 284 g/mol. The van der Waals surface area contributed by atoms with Crippen molar-refractivity contribution in [3.05, 3.63) is 58.8 Å². The minimum absolute atomic E-state index is 1.28. The van der Waals surface area contributed by atoms with E-state index in [1.54, 1.807) is 22.7 Å². The van der Waals surface area contributed by atoms with Crippen molar-refractivity contribution in [3.8, 4) is 0 Å². The predicted molar refractivity (Wildman–Crippen MR) is 88.7 cm³/mol. The van der Waals surface area contributed by atoms with Gasteiger partial charge in [-0.25, -0.2) is 0 Å². The molecule has 0 saturated carbocycles. The van der Waals surface area contributed by atoms with E-state index in [0.29, 0.717) is 0 Å². The third-order valence-corrected chi connectivity index (χ3v) is 5.07. The largest absolute Gasteiger partial charge is 0.263 e. The molecule has 0 aliphatic rings. The SMILES string of the molecule is Cc1cc2ccncc2s1.Cc1csc2cnccc12. The molecule has 0 aromatic carbocycles. The maximum atomic E-state index is 4.04. The number of pyridine rings is 2. The predicted octanol–water partition coefficient (Wildman–Crippen LogP) is 5.21. The first-order chi connectivity index (χ1) is 9.74. The number of hydrogen-bond acceptors (Lipinski definition) is 4. The molecular formula is C16H14N2S2. The average Bonchev–Trinajstić information content (AvgIpc) is 3.02. The topological polar surface area (TPSA) is 25.8 Å². The van der Waals surface area contributed by atoms with E-state index in [1.165, 1.54) is 30.6 Å². The van der Waals surface area contributed by atoms with Gasteiger partial charge in [0.2, 0.25) is 0 Å². The number of rotatable bonds is 0. The minimum Gasteiger partial charge on any atom is -0.263 e. The Morgan fingerprint density at radius 1 is 0.950 bits per heavy atom. The zero-order valence-corrected chi connectivity index (χ0v) is 13.0. The zero-order chi connectivity index (χ0) is 13.9. The molecule has 0 atom stereocenters. The van der Waals surface area contributed by atoms with Crippen LogP contribution in [0, 0.1) is 13.8 Å². The summed E-state index contributed by atoms with van der Waals surface area (Å²) in [4.78, 5) is 9.42. The third kappa shape index (κ3) is 2.71. The van der Waals surface area contributed by atoms with Gasteiger partial charge in [0.1, 0.15) is 0 Å². The number of nitrogens with zero attached hydrogens (tertiary/aromatic N) is 2. The second-order valence-corrected chi connectivity index (χ2v) is 6.76. The second-order valence-electron chi connectivity index (χ2n) is 4.56. The molecule has 0 fully saturated rings. The molecule has 0 aliphatic heterocycles. The van der Waals surface area contributed by atoms with Gasteiger partial charge in [-0.2, -0.15) is 0 Å². The van der Waals surface area contributed by atoms with Gasteiger partial charge in [0.25, 0.3) is 0 Å². The van der Waals surface area contributed by atoms with E-state index in [9.17, 15) is 0 Å². The van der Waals surface area contributed by atoms with Gasteiger partial charge in [0.05, 0.1) is 9.40 Å². The van der Waals surface area contributed by atoms with Crippen LogP contribution in [-0.2, 0) is 0 Å². The van der Waals surface area contributed by atoms with Crippen molar-refractivity contribution in [1.29, 1.82) is 0 Å². The Bertz CT molecular complexity index is 804. The fourth-order valence-corrected chi connectivity index (χ4v) is 3.83. The lowest BCUT2D eigenvalue weighted by atomic mass is 10.2. The number of hydrogen-bond donors (Lipinski definition) is 0. The summed E-state index contributed by atoms with van der Waals surface area (Å²) in [6.45, 7) is 4.24. The molecule has 4 heteroatoms. The van der Waals surface area contributed by atoms with Crippen LogP contribution >= 0.6 is 22.7 Å². The summed E-state index contributed by atoms with van der Waals surface area (Å²) in [5, 5.41) is 4.80. The van der Waals surface area contributed by atoms with Crippen molar-refractivity contribution in [2.45, 2.75) is 13.8 Å². The van der Waals surface area contributed by atoms with E-state index in [-0.39, 0.29) is 0 Å². The summed E-state index contributed by atoms with van der Waals surface area (Å²) in [6, 6.07) is 6.28. The molecule has 100 valence electrons. The molecule has 2 nitrogen and oxygen atoms in total. The van der Waals surface area contributed by atoms with E-state index in [0.717, 1.165) is 0 Å². The highest BCUT2D eigenvalue weighted by molar-refractivity contribution is 7.19. The van der Waals surface area contributed by atoms with Crippen molar-refractivity contribution in [3.63, 3.8) is 0 Å². The minimum atomic E-state index is 1.28. The smallest absolute Gasteiger partial charge is 0.0528 e. The molecule has 0 saturated heterocycles. The molecule has 4 aromatic heterocycles. The van der Waals surface area contributed by atoms with Crippen molar-refractivity contribution in [2.75, 3.05) is 0 Å². The van der Waals surface area contributed by atoms with Gasteiger partial charge in [0, 0.05) is 29.7 Å². The van der Waals surface area contributed by atoms with Crippen LogP contribution in [0.25, 0.3) is 20.2 Å². The highest BCUT2D eigenvalue weighted by Crippen LogP contribution is 2.23. The van der Waals surface area contributed by atoms with Crippen LogP contribution in [-0.4, -0.2) is 9.97 Å². The van der Waals surface area contributed by atoms with Crippen LogP contribution < -0.4 is 0 Å². The summed E-state index contributed by atoms with van der Waals surface area (Å²) >= 11 is 3.54. The Morgan fingerprint density at radius 3 is 2.45 bits per heavy atom. The molecule has 0 bridgehead atoms. The van der Waals surface area contributed by atoms with Crippen LogP contribution in [0.15, 0.2) is 48.4 Å². The van der Waals surface area contributed by atoms with E-state index in [2.05, 4.69) is 41.3 Å². The fourth-order valence-electron chi connectivity index (χ4n) is 2.03. The lowest BCUT2D eigenvalue weighted by Crippen LogP contribution is -1.68. The van der Waals surface area contributed by atoms with Gasteiger partial charge >= 0.3 is 0 Å². The molecule has 4 aromatic rings. The summed E-state index contributed by atoms with van der Waals surface area (Å²) in [7, 11) is 0. The van der Waals surface area contributed by atoms with Gasteiger partial charge in [-0.3, -0.25) is 9.97 Å². The fraction of sp³-hybridized carbons (Fsp3) is 0.125. The molecule has 4 heterocycles. The highest BCUT2D eigenvalue weighted by atomic mass is 32.1. The van der Waals surface area contributed by atoms with E-state index in [1.807, 2.05) is 30.9 Å². The summed E-state index contributed by atoms with van der Waals surface area (Å²) in [6.07, 6.45) is 7.48. The Hall–Kier alpha value is -1.78. The number of thiophene rings is 2.